The Balaban J connectivity index is 1.48. The highest BCUT2D eigenvalue weighted by Gasteiger charge is 2.30. The van der Waals surface area contributed by atoms with Crippen molar-refractivity contribution >= 4 is 21.6 Å². The van der Waals surface area contributed by atoms with Gasteiger partial charge in [-0.2, -0.15) is 0 Å². The average molecular weight is 493 g/mol. The second-order valence-corrected chi connectivity index (χ2v) is 11.0. The van der Waals surface area contributed by atoms with Crippen LogP contribution in [0.4, 0.5) is 5.69 Å². The molecule has 0 aromatic heterocycles. The van der Waals surface area contributed by atoms with Gasteiger partial charge in [0, 0.05) is 0 Å². The van der Waals surface area contributed by atoms with Gasteiger partial charge in [-0.15, -0.1) is 0 Å². The minimum Gasteiger partial charge on any atom is -0.457 e. The van der Waals surface area contributed by atoms with E-state index in [0.717, 1.165) is 29.0 Å². The third-order valence-corrected chi connectivity index (χ3v) is 7.63. The minimum atomic E-state index is -3.71. The average Bonchev–Trinajstić information content (AvgIpc) is 2.84. The molecule has 1 amide bonds. The van der Waals surface area contributed by atoms with Crippen LogP contribution in [0.1, 0.15) is 49.4 Å². The number of benzene rings is 3. The number of sulfonamides is 1. The molecular weight excluding hydrogens is 460 g/mol. The predicted molar refractivity (Wildman–Crippen MR) is 139 cm³/mol. The number of nitrogens with zero attached hydrogens (tertiary/aromatic N) is 1. The maximum Gasteiger partial charge on any atom is 0.244 e. The summed E-state index contributed by atoms with van der Waals surface area (Å²) in [5.74, 6) is 0.904. The number of fused-ring (bicyclic) bond motifs is 1. The summed E-state index contributed by atoms with van der Waals surface area (Å²) < 4.78 is 32.3. The molecule has 35 heavy (non-hydrogen) atoms. The highest BCUT2D eigenvalue weighted by Crippen LogP contribution is 2.28. The van der Waals surface area contributed by atoms with Gasteiger partial charge in [0.25, 0.3) is 0 Å². The zero-order chi connectivity index (χ0) is 25.0. The topological polar surface area (TPSA) is 75.7 Å². The summed E-state index contributed by atoms with van der Waals surface area (Å²) >= 11 is 0. The molecule has 0 aliphatic heterocycles. The van der Waals surface area contributed by atoms with Crippen LogP contribution in [0.2, 0.25) is 0 Å². The van der Waals surface area contributed by atoms with Crippen LogP contribution in [-0.4, -0.2) is 26.6 Å². The van der Waals surface area contributed by atoms with Crippen LogP contribution < -0.4 is 14.4 Å². The van der Waals surface area contributed by atoms with E-state index >= 15 is 0 Å². The van der Waals surface area contributed by atoms with Crippen LogP contribution in [0.25, 0.3) is 0 Å². The number of rotatable bonds is 8. The number of anilines is 1. The fraction of sp³-hybridized carbons (Fsp3) is 0.321. The van der Waals surface area contributed by atoms with Gasteiger partial charge in [0.2, 0.25) is 15.9 Å². The Hall–Kier alpha value is -3.32. The quantitative estimate of drug-likeness (QED) is 0.457. The number of para-hydroxylation sites is 1. The molecule has 0 radical (unpaired) electrons. The standard InChI is InChI=1S/C28H32N2O4S/c1-20(23-14-13-22-9-7-8-10-24(22)19-23)29-28(31)21(2)30(35(3,32)33)25-15-17-27(18-16-25)34-26-11-5-4-6-12-26/h4-6,11-21H,7-10H2,1-3H3,(H,29,31)/t20-,21+/m0/s1. The van der Waals surface area contributed by atoms with Gasteiger partial charge in [-0.05, 0) is 92.6 Å². The minimum absolute atomic E-state index is 0.236. The van der Waals surface area contributed by atoms with Crippen LogP contribution in [0.3, 0.4) is 0 Å². The van der Waals surface area contributed by atoms with Gasteiger partial charge < -0.3 is 10.1 Å². The van der Waals surface area contributed by atoms with Crippen molar-refractivity contribution in [2.75, 3.05) is 10.6 Å². The highest BCUT2D eigenvalue weighted by molar-refractivity contribution is 7.92. The van der Waals surface area contributed by atoms with Gasteiger partial charge in [-0.25, -0.2) is 8.42 Å². The van der Waals surface area contributed by atoms with Gasteiger partial charge in [0.05, 0.1) is 18.0 Å². The summed E-state index contributed by atoms with van der Waals surface area (Å²) in [6, 6.07) is 21.2. The van der Waals surface area contributed by atoms with Crippen LogP contribution in [-0.2, 0) is 27.7 Å². The van der Waals surface area contributed by atoms with Gasteiger partial charge in [-0.1, -0.05) is 36.4 Å². The SMILES string of the molecule is C[C@H](NC(=O)[C@@H](C)N(c1ccc(Oc2ccccc2)cc1)S(C)(=O)=O)c1ccc2c(c1)CCCC2. The van der Waals surface area contributed by atoms with E-state index in [0.29, 0.717) is 17.2 Å². The number of hydrogen-bond acceptors (Lipinski definition) is 4. The lowest BCUT2D eigenvalue weighted by atomic mass is 9.89. The molecule has 6 nitrogen and oxygen atoms in total. The summed E-state index contributed by atoms with van der Waals surface area (Å²) in [4.78, 5) is 13.1. The predicted octanol–water partition coefficient (Wildman–Crippen LogP) is 5.39. The third-order valence-electron chi connectivity index (χ3n) is 6.39. The molecule has 0 heterocycles. The number of amides is 1. The fourth-order valence-electron chi connectivity index (χ4n) is 4.53. The van der Waals surface area contributed by atoms with Crippen molar-refractivity contribution in [1.29, 1.82) is 0 Å². The summed E-state index contributed by atoms with van der Waals surface area (Å²) in [6.07, 6.45) is 5.68. The lowest BCUT2D eigenvalue weighted by Crippen LogP contribution is -2.48. The van der Waals surface area contributed by atoms with Crippen molar-refractivity contribution in [2.45, 2.75) is 51.6 Å². The Kier molecular flexibility index (Phi) is 7.45. The van der Waals surface area contributed by atoms with Crippen molar-refractivity contribution in [3.05, 3.63) is 89.5 Å². The number of ether oxygens (including phenoxy) is 1. The second kappa shape index (κ2) is 10.5. The number of nitrogens with one attached hydrogen (secondary N) is 1. The molecule has 0 saturated heterocycles. The van der Waals surface area contributed by atoms with Crippen LogP contribution in [0, 0.1) is 0 Å². The summed E-state index contributed by atoms with van der Waals surface area (Å²) in [7, 11) is -3.71. The van der Waals surface area contributed by atoms with Crippen molar-refractivity contribution in [2.24, 2.45) is 0 Å². The lowest BCUT2D eigenvalue weighted by molar-refractivity contribution is -0.122. The fourth-order valence-corrected chi connectivity index (χ4v) is 5.71. The van der Waals surface area contributed by atoms with Crippen molar-refractivity contribution in [3.8, 4) is 11.5 Å². The Bertz CT molecular complexity index is 1270. The molecule has 0 saturated carbocycles. The molecule has 184 valence electrons. The zero-order valence-corrected chi connectivity index (χ0v) is 21.2. The molecule has 0 fully saturated rings. The largest absolute Gasteiger partial charge is 0.457 e. The monoisotopic (exact) mass is 492 g/mol. The first-order valence-corrected chi connectivity index (χ1v) is 13.8. The van der Waals surface area contributed by atoms with Gasteiger partial charge >= 0.3 is 0 Å². The van der Waals surface area contributed by atoms with E-state index in [4.69, 9.17) is 4.74 Å². The van der Waals surface area contributed by atoms with E-state index in [1.807, 2.05) is 37.3 Å². The van der Waals surface area contributed by atoms with Crippen LogP contribution in [0.5, 0.6) is 11.5 Å². The van der Waals surface area contributed by atoms with Crippen LogP contribution >= 0.6 is 0 Å². The van der Waals surface area contributed by atoms with Gasteiger partial charge in [0.15, 0.2) is 0 Å². The Labute approximate surface area is 208 Å². The molecule has 1 aliphatic carbocycles. The molecule has 0 bridgehead atoms. The smallest absolute Gasteiger partial charge is 0.244 e. The van der Waals surface area contributed by atoms with E-state index in [1.165, 1.54) is 24.0 Å². The normalized spacial score (nSPS) is 14.9. The Morgan fingerprint density at radius 1 is 0.886 bits per heavy atom. The van der Waals surface area contributed by atoms with E-state index < -0.39 is 16.1 Å². The highest BCUT2D eigenvalue weighted by atomic mass is 32.2. The summed E-state index contributed by atoms with van der Waals surface area (Å²) in [5.41, 5.74) is 4.16. The molecule has 3 aromatic carbocycles. The Morgan fingerprint density at radius 3 is 2.17 bits per heavy atom. The second-order valence-electron chi connectivity index (χ2n) is 9.11. The van der Waals surface area contributed by atoms with Gasteiger partial charge in [0.1, 0.15) is 17.5 Å². The summed E-state index contributed by atoms with van der Waals surface area (Å²) in [6.45, 7) is 3.53. The zero-order valence-electron chi connectivity index (χ0n) is 20.4. The first kappa shape index (κ1) is 24.8. The third kappa shape index (κ3) is 6.03. The van der Waals surface area contributed by atoms with E-state index in [2.05, 4.69) is 23.5 Å². The number of hydrogen-bond donors (Lipinski definition) is 1. The number of carbonyl (C=O) groups is 1. The maximum absolute atomic E-state index is 13.1. The van der Waals surface area contributed by atoms with E-state index in [9.17, 15) is 13.2 Å². The first-order valence-electron chi connectivity index (χ1n) is 12.0. The number of carbonyl (C=O) groups excluding carboxylic acids is 1. The molecule has 3 aromatic rings. The molecule has 0 spiro atoms. The van der Waals surface area contributed by atoms with E-state index in [-0.39, 0.29) is 11.9 Å². The molecule has 4 rings (SSSR count). The summed E-state index contributed by atoms with van der Waals surface area (Å²) in [5, 5.41) is 3.00. The Morgan fingerprint density at radius 2 is 1.51 bits per heavy atom. The number of aryl methyl sites for hydroxylation is 2. The maximum atomic E-state index is 13.1. The molecule has 2 atom stereocenters. The van der Waals surface area contributed by atoms with Crippen LogP contribution in [0.15, 0.2) is 72.8 Å². The molecular formula is C28H32N2O4S. The van der Waals surface area contributed by atoms with Gasteiger partial charge in [-0.3, -0.25) is 9.10 Å². The van der Waals surface area contributed by atoms with Crippen molar-refractivity contribution < 1.29 is 17.9 Å². The van der Waals surface area contributed by atoms with Crippen molar-refractivity contribution in [3.63, 3.8) is 0 Å². The first-order chi connectivity index (χ1) is 16.7. The lowest BCUT2D eigenvalue weighted by Gasteiger charge is -2.29. The van der Waals surface area contributed by atoms with E-state index in [1.54, 1.807) is 31.2 Å². The molecule has 7 heteroatoms. The molecule has 1 aliphatic rings. The van der Waals surface area contributed by atoms with Crippen molar-refractivity contribution in [1.82, 2.24) is 5.32 Å². The molecule has 1 N–H and O–H groups in total. The molecule has 0 unspecified atom stereocenters.